The average molecular weight is 650 g/mol. The first kappa shape index (κ1) is 31.7. The Hall–Kier alpha value is -4.69. The minimum atomic E-state index is -0.932. The van der Waals surface area contributed by atoms with Crippen LogP contribution in [0.2, 0.25) is 0 Å². The van der Waals surface area contributed by atoms with Crippen LogP contribution in [0.1, 0.15) is 43.7 Å². The summed E-state index contributed by atoms with van der Waals surface area (Å²) >= 11 is 2.32. The Balaban J connectivity index is 1.26. The fourth-order valence-electron chi connectivity index (χ4n) is 4.64. The minimum absolute atomic E-state index is 0.120. The molecule has 2 aliphatic heterocycles. The summed E-state index contributed by atoms with van der Waals surface area (Å²) in [5.74, 6) is -1.40. The summed E-state index contributed by atoms with van der Waals surface area (Å²) in [5, 5.41) is 8.85. The standard InChI is InChI=1S/C31H31N5O7S2/c1-31(2,3)43-30(40)32-22-17-20(35-45-22)23(34-41-4)26(37)33-24-27(38)36-21(15-16-44-28(24)36)29(39)42-25(18-11-7-5-8-12-18)19-13-9-6-10-14-19/h5-15,17,24-25,28H,16H2,1-4H3,(H,32,40)(H,33,37)/b34-23-/t24-,28-/m1/s1. The van der Waals surface area contributed by atoms with E-state index in [0.29, 0.717) is 10.8 Å². The molecule has 3 aromatic rings. The van der Waals surface area contributed by atoms with Crippen LogP contribution in [0.5, 0.6) is 0 Å². The first-order valence-corrected chi connectivity index (χ1v) is 15.7. The highest BCUT2D eigenvalue weighted by Crippen LogP contribution is 2.39. The predicted molar refractivity (Wildman–Crippen MR) is 169 cm³/mol. The van der Waals surface area contributed by atoms with E-state index in [-0.39, 0.29) is 17.1 Å². The highest BCUT2D eigenvalue weighted by Gasteiger charge is 2.53. The number of anilines is 1. The van der Waals surface area contributed by atoms with E-state index in [1.54, 1.807) is 26.8 Å². The molecule has 5 rings (SSSR count). The molecule has 2 aliphatic rings. The zero-order valence-corrected chi connectivity index (χ0v) is 26.5. The van der Waals surface area contributed by atoms with Crippen LogP contribution in [-0.4, -0.2) is 68.7 Å². The maximum absolute atomic E-state index is 13.5. The van der Waals surface area contributed by atoms with Crippen molar-refractivity contribution in [2.75, 3.05) is 18.2 Å². The number of amides is 3. The molecule has 0 radical (unpaired) electrons. The normalized spacial score (nSPS) is 17.9. The van der Waals surface area contributed by atoms with E-state index in [9.17, 15) is 19.2 Å². The number of oxime groups is 1. The van der Waals surface area contributed by atoms with Crippen molar-refractivity contribution in [2.45, 2.75) is 43.9 Å². The molecule has 2 N–H and O–H groups in total. The van der Waals surface area contributed by atoms with Gasteiger partial charge >= 0.3 is 12.1 Å². The van der Waals surface area contributed by atoms with Gasteiger partial charge in [-0.25, -0.2) is 9.59 Å². The number of fused-ring (bicyclic) bond motifs is 1. The smallest absolute Gasteiger partial charge is 0.412 e. The fraction of sp³-hybridized carbons (Fsp3) is 0.290. The van der Waals surface area contributed by atoms with Crippen LogP contribution in [0.25, 0.3) is 0 Å². The molecule has 1 saturated heterocycles. The molecule has 3 amide bonds. The van der Waals surface area contributed by atoms with Gasteiger partial charge in [0.25, 0.3) is 11.8 Å². The van der Waals surface area contributed by atoms with Crippen LogP contribution >= 0.6 is 23.3 Å². The van der Waals surface area contributed by atoms with Crippen LogP contribution in [0.3, 0.4) is 0 Å². The second-order valence-electron chi connectivity index (χ2n) is 10.9. The predicted octanol–water partition coefficient (Wildman–Crippen LogP) is 4.46. The number of esters is 1. The third-order valence-electron chi connectivity index (χ3n) is 6.55. The third kappa shape index (κ3) is 7.35. The first-order valence-electron chi connectivity index (χ1n) is 13.9. The molecule has 0 saturated carbocycles. The van der Waals surface area contributed by atoms with Gasteiger partial charge in [-0.2, -0.15) is 4.37 Å². The van der Waals surface area contributed by atoms with Crippen LogP contribution in [0.15, 0.2) is 83.7 Å². The number of aromatic nitrogens is 1. The zero-order chi connectivity index (χ0) is 32.1. The molecule has 234 valence electrons. The molecule has 0 unspecified atom stereocenters. The van der Waals surface area contributed by atoms with Crippen molar-refractivity contribution in [2.24, 2.45) is 5.16 Å². The lowest BCUT2D eigenvalue weighted by atomic mass is 10.0. The number of ether oxygens (including phenoxy) is 2. The molecular formula is C31H31N5O7S2. The number of hydrogen-bond donors (Lipinski definition) is 2. The van der Waals surface area contributed by atoms with Gasteiger partial charge in [-0.15, -0.1) is 11.8 Å². The SMILES string of the molecule is CO/N=C(\C(=O)N[C@@H]1C(=O)N2C(C(=O)OC(c3ccccc3)c3ccccc3)=CCS[C@H]12)c1cc(NC(=O)OC(C)(C)C)sn1. The summed E-state index contributed by atoms with van der Waals surface area (Å²) in [5.41, 5.74) is 0.933. The van der Waals surface area contributed by atoms with Gasteiger partial charge in [-0.1, -0.05) is 65.8 Å². The number of β-lactam (4-membered cyclic amide) rings is 1. The summed E-state index contributed by atoms with van der Waals surface area (Å²) in [4.78, 5) is 58.5. The molecule has 12 nitrogen and oxygen atoms in total. The molecule has 0 aliphatic carbocycles. The van der Waals surface area contributed by atoms with Crippen molar-refractivity contribution >= 4 is 57.9 Å². The van der Waals surface area contributed by atoms with Gasteiger partial charge in [0.15, 0.2) is 11.8 Å². The van der Waals surface area contributed by atoms with E-state index >= 15 is 0 Å². The number of benzene rings is 2. The Kier molecular flexibility index (Phi) is 9.54. The minimum Gasteiger partial charge on any atom is -0.448 e. The van der Waals surface area contributed by atoms with Crippen molar-refractivity contribution in [3.05, 3.63) is 95.3 Å². The maximum atomic E-state index is 13.5. The average Bonchev–Trinajstić information content (AvgIpc) is 3.48. The summed E-state index contributed by atoms with van der Waals surface area (Å²) in [6, 6.07) is 19.2. The van der Waals surface area contributed by atoms with Gasteiger partial charge < -0.3 is 19.6 Å². The largest absolute Gasteiger partial charge is 0.448 e. The lowest BCUT2D eigenvalue weighted by molar-refractivity contribution is -0.154. The van der Waals surface area contributed by atoms with Gasteiger partial charge in [-0.05, 0) is 49.5 Å². The molecule has 3 heterocycles. The second kappa shape index (κ2) is 13.5. The highest BCUT2D eigenvalue weighted by atomic mass is 32.2. The quantitative estimate of drug-likeness (QED) is 0.148. The number of nitrogens with one attached hydrogen (secondary N) is 2. The number of rotatable bonds is 9. The number of nitrogens with zero attached hydrogens (tertiary/aromatic N) is 3. The van der Waals surface area contributed by atoms with Gasteiger partial charge in [0.2, 0.25) is 0 Å². The molecule has 2 aromatic carbocycles. The van der Waals surface area contributed by atoms with Crippen LogP contribution in [-0.2, 0) is 28.7 Å². The van der Waals surface area contributed by atoms with Crippen molar-refractivity contribution in [1.82, 2.24) is 14.6 Å². The molecule has 45 heavy (non-hydrogen) atoms. The van der Waals surface area contributed by atoms with Crippen LogP contribution < -0.4 is 10.6 Å². The molecule has 0 spiro atoms. The fourth-order valence-corrected chi connectivity index (χ4v) is 6.46. The van der Waals surface area contributed by atoms with E-state index in [2.05, 4.69) is 20.2 Å². The molecule has 1 aromatic heterocycles. The van der Waals surface area contributed by atoms with Gasteiger partial charge in [0.05, 0.1) is 0 Å². The Morgan fingerprint density at radius 3 is 2.29 bits per heavy atom. The monoisotopic (exact) mass is 649 g/mol. The molecule has 1 fully saturated rings. The van der Waals surface area contributed by atoms with Crippen molar-refractivity contribution < 1.29 is 33.5 Å². The van der Waals surface area contributed by atoms with Crippen molar-refractivity contribution in [3.8, 4) is 0 Å². The van der Waals surface area contributed by atoms with Crippen LogP contribution in [0.4, 0.5) is 9.80 Å². The Labute approximate surface area is 268 Å². The van der Waals surface area contributed by atoms with E-state index < -0.39 is 47.0 Å². The number of hydrogen-bond acceptors (Lipinski definition) is 11. The van der Waals surface area contributed by atoms with E-state index in [1.807, 2.05) is 60.7 Å². The van der Waals surface area contributed by atoms with Crippen molar-refractivity contribution in [1.29, 1.82) is 0 Å². The number of carbonyl (C=O) groups excluding carboxylic acids is 4. The van der Waals surface area contributed by atoms with Gasteiger partial charge in [0.1, 0.15) is 40.5 Å². The maximum Gasteiger partial charge on any atom is 0.412 e. The Morgan fingerprint density at radius 1 is 1.04 bits per heavy atom. The van der Waals surface area contributed by atoms with Gasteiger partial charge in [0, 0.05) is 11.8 Å². The first-order chi connectivity index (χ1) is 21.6. The highest BCUT2D eigenvalue weighted by molar-refractivity contribution is 8.00. The van der Waals surface area contributed by atoms with Crippen molar-refractivity contribution in [3.63, 3.8) is 0 Å². The second-order valence-corrected chi connectivity index (χ2v) is 12.9. The summed E-state index contributed by atoms with van der Waals surface area (Å²) in [6.45, 7) is 5.21. The summed E-state index contributed by atoms with van der Waals surface area (Å²) < 4.78 is 15.4. The molecule has 14 heteroatoms. The molecular weight excluding hydrogens is 619 g/mol. The van der Waals surface area contributed by atoms with E-state index in [1.165, 1.54) is 29.8 Å². The zero-order valence-electron chi connectivity index (χ0n) is 24.9. The third-order valence-corrected chi connectivity index (χ3v) is 8.43. The number of thioether (sulfide) groups is 1. The topological polar surface area (TPSA) is 149 Å². The van der Waals surface area contributed by atoms with Crippen LogP contribution in [0, 0.1) is 0 Å². The van der Waals surface area contributed by atoms with Gasteiger partial charge in [-0.3, -0.25) is 19.8 Å². The Bertz CT molecular complexity index is 1600. The lowest BCUT2D eigenvalue weighted by Gasteiger charge is -2.48. The molecule has 0 bridgehead atoms. The molecule has 2 atom stereocenters. The summed E-state index contributed by atoms with van der Waals surface area (Å²) in [6.07, 6.45) is 0.295. The summed E-state index contributed by atoms with van der Waals surface area (Å²) in [7, 11) is 1.27. The van der Waals surface area contributed by atoms with E-state index in [0.717, 1.165) is 22.7 Å². The lowest BCUT2D eigenvalue weighted by Crippen LogP contribution is -2.70. The Morgan fingerprint density at radius 2 is 1.69 bits per heavy atom. The number of carbonyl (C=O) groups is 4. The van der Waals surface area contributed by atoms with E-state index in [4.69, 9.17) is 14.3 Å².